The zero-order chi connectivity index (χ0) is 17.0. The van der Waals surface area contributed by atoms with E-state index in [4.69, 9.17) is 21.0 Å². The summed E-state index contributed by atoms with van der Waals surface area (Å²) in [7, 11) is 1.54. The van der Waals surface area contributed by atoms with Gasteiger partial charge in [0, 0.05) is 16.8 Å². The van der Waals surface area contributed by atoms with Crippen molar-refractivity contribution in [2.75, 3.05) is 12.8 Å². The average Bonchev–Trinajstić information content (AvgIpc) is 2.55. The number of ether oxygens (including phenoxy) is 1. The highest BCUT2D eigenvalue weighted by Gasteiger charge is 2.14. The van der Waals surface area contributed by atoms with Crippen LogP contribution in [0, 0.1) is 13.8 Å². The molecular weight excluding hydrogens is 294 g/mol. The molecule has 120 valence electrons. The van der Waals surface area contributed by atoms with Gasteiger partial charge < -0.3 is 21.0 Å². The van der Waals surface area contributed by atoms with Gasteiger partial charge in [-0.3, -0.25) is 0 Å². The third kappa shape index (κ3) is 3.42. The van der Waals surface area contributed by atoms with Crippen LogP contribution >= 0.6 is 0 Å². The monoisotopic (exact) mass is 313 g/mol. The van der Waals surface area contributed by atoms with Crippen molar-refractivity contribution < 1.29 is 14.4 Å². The molecule has 0 unspecified atom stereocenters. The van der Waals surface area contributed by atoms with Crippen LogP contribution in [0.4, 0.5) is 5.69 Å². The minimum atomic E-state index is -0.606. The number of anilines is 1. The molecule has 0 aliphatic rings. The summed E-state index contributed by atoms with van der Waals surface area (Å²) >= 11 is 0. The van der Waals surface area contributed by atoms with Crippen LogP contribution in [0.25, 0.3) is 0 Å². The fraction of sp³-hybridized carbons (Fsp3) is 0.176. The normalized spacial score (nSPS) is 11.2. The van der Waals surface area contributed by atoms with E-state index in [0.29, 0.717) is 28.1 Å². The van der Waals surface area contributed by atoms with E-state index < -0.39 is 5.97 Å². The zero-order valence-corrected chi connectivity index (χ0v) is 13.3. The number of hydrogen-bond donors (Lipinski definition) is 2. The SMILES string of the molecule is COc1cccc(C(=O)O/N=C(\N)c2cccc(N)c2C)c1C. The van der Waals surface area contributed by atoms with Crippen molar-refractivity contribution in [3.63, 3.8) is 0 Å². The van der Waals surface area contributed by atoms with E-state index in [1.165, 1.54) is 7.11 Å². The van der Waals surface area contributed by atoms with Gasteiger partial charge in [0.2, 0.25) is 0 Å². The lowest BCUT2D eigenvalue weighted by atomic mass is 10.1. The standard InChI is InChI=1S/C17H19N3O3/c1-10-12(6-4-8-14(10)18)16(19)20-23-17(21)13-7-5-9-15(22-3)11(13)2/h4-9H,18H2,1-3H3,(H2,19,20). The Bertz CT molecular complexity index is 770. The van der Waals surface area contributed by atoms with Crippen LogP contribution in [0.2, 0.25) is 0 Å². The van der Waals surface area contributed by atoms with E-state index in [-0.39, 0.29) is 5.84 Å². The van der Waals surface area contributed by atoms with Gasteiger partial charge in [0.05, 0.1) is 12.7 Å². The molecule has 0 radical (unpaired) electrons. The fourth-order valence-corrected chi connectivity index (χ4v) is 2.18. The van der Waals surface area contributed by atoms with E-state index in [1.807, 2.05) is 6.92 Å². The molecule has 6 nitrogen and oxygen atoms in total. The number of amidine groups is 1. The fourth-order valence-electron chi connectivity index (χ4n) is 2.18. The summed E-state index contributed by atoms with van der Waals surface area (Å²) < 4.78 is 5.18. The van der Waals surface area contributed by atoms with E-state index in [2.05, 4.69) is 5.16 Å². The van der Waals surface area contributed by atoms with Gasteiger partial charge in [-0.2, -0.15) is 0 Å². The van der Waals surface area contributed by atoms with Gasteiger partial charge >= 0.3 is 5.97 Å². The van der Waals surface area contributed by atoms with Crippen LogP contribution in [0.5, 0.6) is 5.75 Å². The molecule has 2 aromatic rings. The first kappa shape index (κ1) is 16.4. The summed E-state index contributed by atoms with van der Waals surface area (Å²) in [6.45, 7) is 3.59. The second kappa shape index (κ2) is 6.83. The molecule has 0 aliphatic heterocycles. The number of rotatable bonds is 4. The van der Waals surface area contributed by atoms with E-state index in [1.54, 1.807) is 43.3 Å². The number of nitrogens with zero attached hydrogens (tertiary/aromatic N) is 1. The number of carbonyl (C=O) groups is 1. The van der Waals surface area contributed by atoms with Crippen molar-refractivity contribution in [2.45, 2.75) is 13.8 Å². The number of carbonyl (C=O) groups excluding carboxylic acids is 1. The second-order valence-electron chi connectivity index (χ2n) is 5.01. The van der Waals surface area contributed by atoms with Crippen LogP contribution in [-0.2, 0) is 4.84 Å². The molecule has 0 saturated heterocycles. The highest BCUT2D eigenvalue weighted by Crippen LogP contribution is 2.21. The molecule has 0 saturated carbocycles. The van der Waals surface area contributed by atoms with Crippen molar-refractivity contribution >= 4 is 17.5 Å². The number of benzene rings is 2. The van der Waals surface area contributed by atoms with Crippen LogP contribution in [0.3, 0.4) is 0 Å². The summed E-state index contributed by atoms with van der Waals surface area (Å²) in [4.78, 5) is 17.1. The molecular formula is C17H19N3O3. The molecule has 4 N–H and O–H groups in total. The minimum absolute atomic E-state index is 0.0868. The molecule has 0 atom stereocenters. The maximum atomic E-state index is 12.2. The molecule has 23 heavy (non-hydrogen) atoms. The maximum absolute atomic E-state index is 12.2. The van der Waals surface area contributed by atoms with Crippen molar-refractivity contribution in [1.29, 1.82) is 0 Å². The van der Waals surface area contributed by atoms with Crippen LogP contribution in [-0.4, -0.2) is 18.9 Å². The molecule has 2 aromatic carbocycles. The van der Waals surface area contributed by atoms with E-state index >= 15 is 0 Å². The first-order valence-electron chi connectivity index (χ1n) is 6.99. The highest BCUT2D eigenvalue weighted by atomic mass is 16.7. The quantitative estimate of drug-likeness (QED) is 0.297. The molecule has 0 spiro atoms. The average molecular weight is 313 g/mol. The van der Waals surface area contributed by atoms with Crippen molar-refractivity contribution in [3.8, 4) is 5.75 Å². The maximum Gasteiger partial charge on any atom is 0.366 e. The van der Waals surface area contributed by atoms with Gasteiger partial charge in [0.1, 0.15) is 5.75 Å². The van der Waals surface area contributed by atoms with Crippen molar-refractivity contribution in [2.24, 2.45) is 10.9 Å². The van der Waals surface area contributed by atoms with Gasteiger partial charge in [0.25, 0.3) is 0 Å². The second-order valence-corrected chi connectivity index (χ2v) is 5.01. The molecule has 0 bridgehead atoms. The van der Waals surface area contributed by atoms with Crippen molar-refractivity contribution in [1.82, 2.24) is 0 Å². The molecule has 0 aromatic heterocycles. The first-order chi connectivity index (χ1) is 11.0. The number of nitrogen functional groups attached to an aromatic ring is 1. The molecule has 0 amide bonds. The Morgan fingerprint density at radius 1 is 1.04 bits per heavy atom. The molecule has 2 rings (SSSR count). The number of nitrogens with two attached hydrogens (primary N) is 2. The van der Waals surface area contributed by atoms with Crippen molar-refractivity contribution in [3.05, 3.63) is 58.7 Å². The number of hydrogen-bond acceptors (Lipinski definition) is 5. The summed E-state index contributed by atoms with van der Waals surface area (Å²) in [5.74, 6) is 0.0812. The van der Waals surface area contributed by atoms with Crippen LogP contribution < -0.4 is 16.2 Å². The third-order valence-corrected chi connectivity index (χ3v) is 3.60. The smallest absolute Gasteiger partial charge is 0.366 e. The first-order valence-corrected chi connectivity index (χ1v) is 6.99. The Morgan fingerprint density at radius 3 is 2.39 bits per heavy atom. The third-order valence-electron chi connectivity index (χ3n) is 3.60. The molecule has 0 fully saturated rings. The Hall–Kier alpha value is -3.02. The molecule has 0 aliphatic carbocycles. The topological polar surface area (TPSA) is 99.9 Å². The largest absolute Gasteiger partial charge is 0.496 e. The van der Waals surface area contributed by atoms with E-state index in [0.717, 1.165) is 5.56 Å². The molecule has 6 heteroatoms. The summed E-state index contributed by atoms with van der Waals surface area (Å²) in [5, 5.41) is 3.72. The minimum Gasteiger partial charge on any atom is -0.496 e. The van der Waals surface area contributed by atoms with Gasteiger partial charge in [-0.1, -0.05) is 23.4 Å². The van der Waals surface area contributed by atoms with Gasteiger partial charge in [-0.25, -0.2) is 4.79 Å². The van der Waals surface area contributed by atoms with Gasteiger partial charge in [0.15, 0.2) is 5.84 Å². The lowest BCUT2D eigenvalue weighted by molar-refractivity contribution is 0.0514. The number of methoxy groups -OCH3 is 1. The Morgan fingerprint density at radius 2 is 1.70 bits per heavy atom. The highest BCUT2D eigenvalue weighted by molar-refractivity contribution is 6.00. The summed E-state index contributed by atoms with van der Waals surface area (Å²) in [6.07, 6.45) is 0. The number of oxime groups is 1. The predicted molar refractivity (Wildman–Crippen MR) is 89.5 cm³/mol. The van der Waals surface area contributed by atoms with Crippen LogP contribution in [0.1, 0.15) is 27.0 Å². The Labute approximate surface area is 134 Å². The lowest BCUT2D eigenvalue weighted by Gasteiger charge is -2.09. The molecule has 0 heterocycles. The lowest BCUT2D eigenvalue weighted by Crippen LogP contribution is -2.17. The van der Waals surface area contributed by atoms with Gasteiger partial charge in [-0.15, -0.1) is 0 Å². The summed E-state index contributed by atoms with van der Waals surface area (Å²) in [5.41, 5.74) is 14.7. The Kier molecular flexibility index (Phi) is 4.85. The summed E-state index contributed by atoms with van der Waals surface area (Å²) in [6, 6.07) is 10.4. The zero-order valence-electron chi connectivity index (χ0n) is 13.3. The van der Waals surface area contributed by atoms with E-state index in [9.17, 15) is 4.79 Å². The predicted octanol–water partition coefficient (Wildman–Crippen LogP) is 2.37. The van der Waals surface area contributed by atoms with Crippen LogP contribution in [0.15, 0.2) is 41.6 Å². The Balaban J connectivity index is 2.22. The van der Waals surface area contributed by atoms with Gasteiger partial charge in [-0.05, 0) is 37.6 Å².